The summed E-state index contributed by atoms with van der Waals surface area (Å²) < 4.78 is 7.73. The van der Waals surface area contributed by atoms with Crippen LogP contribution in [0.5, 0.6) is 5.75 Å². The molecule has 0 aliphatic carbocycles. The number of rotatable bonds is 6. The highest BCUT2D eigenvalue weighted by molar-refractivity contribution is 5.58. The van der Waals surface area contributed by atoms with E-state index in [1.165, 1.54) is 0 Å². The second kappa shape index (κ2) is 7.06. The Bertz CT molecular complexity index is 1050. The second-order valence-electron chi connectivity index (χ2n) is 5.64. The highest BCUT2D eigenvalue weighted by atomic mass is 16.5. The first-order chi connectivity index (χ1) is 12.8. The topological polar surface area (TPSA) is 101 Å². The number of aromatic amines is 2. The molecule has 8 heteroatoms. The van der Waals surface area contributed by atoms with E-state index in [0.29, 0.717) is 19.0 Å². The molecule has 0 bridgehead atoms. The van der Waals surface area contributed by atoms with Crippen molar-refractivity contribution in [2.45, 2.75) is 13.2 Å². The number of benzene rings is 1. The maximum absolute atomic E-state index is 11.2. The molecule has 0 spiro atoms. The molecule has 1 aromatic carbocycles. The van der Waals surface area contributed by atoms with E-state index in [0.717, 1.165) is 22.8 Å². The fourth-order valence-electron chi connectivity index (χ4n) is 2.60. The van der Waals surface area contributed by atoms with E-state index in [4.69, 9.17) is 4.74 Å². The van der Waals surface area contributed by atoms with Gasteiger partial charge in [-0.3, -0.25) is 9.97 Å². The predicted octanol–water partition coefficient (Wildman–Crippen LogP) is 1.98. The first kappa shape index (κ1) is 15.8. The van der Waals surface area contributed by atoms with Crippen LogP contribution in [0.2, 0.25) is 0 Å². The smallest absolute Gasteiger partial charge is 0.340 e. The number of pyridine rings is 1. The van der Waals surface area contributed by atoms with Gasteiger partial charge in [-0.15, -0.1) is 0 Å². The van der Waals surface area contributed by atoms with Crippen LogP contribution in [0.3, 0.4) is 0 Å². The summed E-state index contributed by atoms with van der Waals surface area (Å²) in [5.41, 5.74) is 1.44. The van der Waals surface area contributed by atoms with Gasteiger partial charge in [0.1, 0.15) is 18.2 Å². The zero-order valence-corrected chi connectivity index (χ0v) is 13.8. The number of imidazole rings is 1. The maximum Gasteiger partial charge on any atom is 0.340 e. The fourth-order valence-corrected chi connectivity index (χ4v) is 2.60. The molecular weight excluding hydrogens is 332 g/mol. The molecule has 0 saturated heterocycles. The van der Waals surface area contributed by atoms with Crippen molar-refractivity contribution in [1.29, 1.82) is 0 Å². The lowest BCUT2D eigenvalue weighted by Crippen LogP contribution is -2.05. The van der Waals surface area contributed by atoms with Gasteiger partial charge in [-0.1, -0.05) is 18.2 Å². The van der Waals surface area contributed by atoms with Crippen LogP contribution < -0.4 is 10.4 Å². The Hall–Kier alpha value is -3.68. The Morgan fingerprint density at radius 2 is 2.04 bits per heavy atom. The van der Waals surface area contributed by atoms with Crippen molar-refractivity contribution in [2.24, 2.45) is 0 Å². The van der Waals surface area contributed by atoms with Crippen LogP contribution >= 0.6 is 0 Å². The van der Waals surface area contributed by atoms with Crippen molar-refractivity contribution >= 4 is 0 Å². The molecular formula is C18H16N6O2. The molecule has 0 fully saturated rings. The van der Waals surface area contributed by atoms with Crippen molar-refractivity contribution in [3.05, 3.63) is 83.1 Å². The molecule has 0 saturated carbocycles. The lowest BCUT2D eigenvalue weighted by molar-refractivity contribution is 0.301. The quantitative estimate of drug-likeness (QED) is 0.555. The molecule has 4 rings (SSSR count). The molecule has 130 valence electrons. The van der Waals surface area contributed by atoms with Crippen LogP contribution in [0.1, 0.15) is 11.5 Å². The lowest BCUT2D eigenvalue weighted by Gasteiger charge is -2.09. The van der Waals surface area contributed by atoms with E-state index >= 15 is 0 Å². The van der Waals surface area contributed by atoms with Gasteiger partial charge in [0.2, 0.25) is 0 Å². The first-order valence-corrected chi connectivity index (χ1v) is 8.06. The summed E-state index contributed by atoms with van der Waals surface area (Å²) in [7, 11) is 0. The van der Waals surface area contributed by atoms with Gasteiger partial charge in [0, 0.05) is 24.2 Å². The van der Waals surface area contributed by atoms with Gasteiger partial charge >= 0.3 is 5.69 Å². The van der Waals surface area contributed by atoms with Gasteiger partial charge in [-0.25, -0.2) is 14.9 Å². The van der Waals surface area contributed by atoms with Crippen molar-refractivity contribution in [3.8, 4) is 17.1 Å². The number of ether oxygens (including phenoxy) is 1. The highest BCUT2D eigenvalue weighted by Gasteiger charge is 2.09. The van der Waals surface area contributed by atoms with E-state index < -0.39 is 0 Å². The monoisotopic (exact) mass is 348 g/mol. The number of nitrogens with one attached hydrogen (secondary N) is 2. The second-order valence-corrected chi connectivity index (χ2v) is 5.64. The Labute approximate surface area is 148 Å². The third kappa shape index (κ3) is 3.54. The number of hydrogen-bond donors (Lipinski definition) is 2. The molecule has 3 aromatic heterocycles. The number of hydrogen-bond acceptors (Lipinski definition) is 5. The van der Waals surface area contributed by atoms with Crippen molar-refractivity contribution in [2.75, 3.05) is 0 Å². The molecule has 0 aliphatic heterocycles. The summed E-state index contributed by atoms with van der Waals surface area (Å²) in [6.07, 6.45) is 5.29. The largest absolute Gasteiger partial charge is 0.487 e. The van der Waals surface area contributed by atoms with Gasteiger partial charge in [-0.2, -0.15) is 5.10 Å². The number of nitrogens with zero attached hydrogens (tertiary/aromatic N) is 4. The fraction of sp³-hybridized carbons (Fsp3) is 0.111. The first-order valence-electron chi connectivity index (χ1n) is 8.06. The lowest BCUT2D eigenvalue weighted by atomic mass is 10.2. The van der Waals surface area contributed by atoms with E-state index in [1.54, 1.807) is 12.4 Å². The van der Waals surface area contributed by atoms with Crippen LogP contribution in [0.15, 0.2) is 65.8 Å². The summed E-state index contributed by atoms with van der Waals surface area (Å²) in [5.74, 6) is 2.03. The van der Waals surface area contributed by atoms with Crippen molar-refractivity contribution in [3.63, 3.8) is 0 Å². The van der Waals surface area contributed by atoms with E-state index in [9.17, 15) is 4.79 Å². The van der Waals surface area contributed by atoms with Gasteiger partial charge in [0.05, 0.1) is 12.2 Å². The summed E-state index contributed by atoms with van der Waals surface area (Å²) in [6, 6.07) is 13.4. The van der Waals surface area contributed by atoms with Crippen molar-refractivity contribution in [1.82, 2.24) is 29.7 Å². The minimum Gasteiger partial charge on any atom is -0.487 e. The Kier molecular flexibility index (Phi) is 4.29. The zero-order chi connectivity index (χ0) is 17.8. The maximum atomic E-state index is 11.2. The number of H-pyrrole nitrogens is 2. The molecule has 26 heavy (non-hydrogen) atoms. The summed E-state index contributed by atoms with van der Waals surface area (Å²) in [4.78, 5) is 22.5. The Morgan fingerprint density at radius 1 is 1.08 bits per heavy atom. The Balaban J connectivity index is 1.53. The van der Waals surface area contributed by atoms with Gasteiger partial charge < -0.3 is 9.30 Å². The molecule has 8 nitrogen and oxygen atoms in total. The summed E-state index contributed by atoms with van der Waals surface area (Å²) >= 11 is 0. The van der Waals surface area contributed by atoms with Crippen LogP contribution in [0, 0.1) is 0 Å². The molecule has 0 unspecified atom stereocenters. The molecule has 0 atom stereocenters. The third-order valence-electron chi connectivity index (χ3n) is 3.79. The molecule has 0 aliphatic rings. The van der Waals surface area contributed by atoms with Crippen LogP contribution in [-0.2, 0) is 13.2 Å². The van der Waals surface area contributed by atoms with Crippen LogP contribution in [0.25, 0.3) is 11.4 Å². The number of aromatic nitrogens is 6. The molecule has 2 N–H and O–H groups in total. The predicted molar refractivity (Wildman–Crippen MR) is 94.5 cm³/mol. The van der Waals surface area contributed by atoms with Crippen molar-refractivity contribution < 1.29 is 4.74 Å². The molecule has 3 heterocycles. The van der Waals surface area contributed by atoms with E-state index in [2.05, 4.69) is 25.1 Å². The minimum absolute atomic E-state index is 0.327. The van der Waals surface area contributed by atoms with E-state index in [1.807, 2.05) is 53.2 Å². The van der Waals surface area contributed by atoms with Gasteiger partial charge in [0.15, 0.2) is 5.82 Å². The van der Waals surface area contributed by atoms with Gasteiger partial charge in [-0.05, 0) is 24.3 Å². The SMILES string of the molecule is O=c1[nH]nc(Cn2ccnc2-c2cccc(OCc3ccccn3)c2)[nH]1. The Morgan fingerprint density at radius 3 is 2.85 bits per heavy atom. The summed E-state index contributed by atoms with van der Waals surface area (Å²) in [6.45, 7) is 0.806. The molecule has 0 radical (unpaired) electrons. The molecule has 4 aromatic rings. The average Bonchev–Trinajstić information content (AvgIpc) is 3.30. The summed E-state index contributed by atoms with van der Waals surface area (Å²) in [5, 5.41) is 6.29. The molecule has 0 amide bonds. The average molecular weight is 348 g/mol. The van der Waals surface area contributed by atoms with Crippen LogP contribution in [0.4, 0.5) is 0 Å². The highest BCUT2D eigenvalue weighted by Crippen LogP contribution is 2.23. The van der Waals surface area contributed by atoms with Crippen LogP contribution in [-0.4, -0.2) is 29.7 Å². The third-order valence-corrected chi connectivity index (χ3v) is 3.79. The standard InChI is InChI=1S/C18H16N6O2/c25-18-21-16(22-23-18)11-24-9-8-20-17(24)13-4-3-6-15(10-13)26-12-14-5-1-2-7-19-14/h1-10H,11-12H2,(H2,21,22,23,25). The van der Waals surface area contributed by atoms with Gasteiger partial charge in [0.25, 0.3) is 0 Å². The normalized spacial score (nSPS) is 10.8. The van der Waals surface area contributed by atoms with E-state index in [-0.39, 0.29) is 5.69 Å². The minimum atomic E-state index is -0.327. The zero-order valence-electron chi connectivity index (χ0n) is 13.8.